The molecule has 0 amide bonds. The first-order chi connectivity index (χ1) is 11.0. The lowest BCUT2D eigenvalue weighted by molar-refractivity contribution is -0.0730. The second-order valence-corrected chi connectivity index (χ2v) is 5.88. The number of aromatic nitrogens is 2. The zero-order chi connectivity index (χ0) is 16.8. The van der Waals surface area contributed by atoms with E-state index >= 15 is 0 Å². The smallest absolute Gasteiger partial charge is 0.235 e. The number of aliphatic hydroxyl groups is 1. The Hall–Kier alpha value is -1.49. The van der Waals surface area contributed by atoms with Gasteiger partial charge < -0.3 is 25.9 Å². The molecule has 1 atom stereocenters. The minimum atomic E-state index is -1.15. The fraction of sp³-hybridized carbons (Fsp3) is 0.214. The fourth-order valence-corrected chi connectivity index (χ4v) is 2.14. The average Bonchev–Trinajstić information content (AvgIpc) is 2.51. The van der Waals surface area contributed by atoms with Gasteiger partial charge in [0.1, 0.15) is 5.15 Å². The Kier molecular flexibility index (Phi) is 6.51. The maximum absolute atomic E-state index is 9.70. The van der Waals surface area contributed by atoms with Gasteiger partial charge in [0.25, 0.3) is 0 Å². The predicted octanol–water partition coefficient (Wildman–Crippen LogP) is 3.20. The molecular formula is C14H15ClIN5O2. The van der Waals surface area contributed by atoms with Crippen LogP contribution in [0.5, 0.6) is 0 Å². The van der Waals surface area contributed by atoms with Crippen LogP contribution >= 0.6 is 34.2 Å². The van der Waals surface area contributed by atoms with Crippen molar-refractivity contribution in [2.75, 3.05) is 17.2 Å². The Bertz CT molecular complexity index is 701. The molecule has 7 nitrogen and oxygen atoms in total. The standard InChI is InChI=1S/C14H15ClIN5O2/c1-2-23-14(22)20-11-5-9(4-3-8(11)6-17)19-13-18-7-10(16)12(15)21-13/h3-7,14,17,20,22H,2H2,1H3,(H,18,19,21). The van der Waals surface area contributed by atoms with Gasteiger partial charge in [-0.1, -0.05) is 11.6 Å². The molecule has 2 rings (SSSR count). The van der Waals surface area contributed by atoms with Crippen molar-refractivity contribution in [1.29, 1.82) is 5.41 Å². The normalized spacial score (nSPS) is 11.8. The summed E-state index contributed by atoms with van der Waals surface area (Å²) >= 11 is 8.02. The molecule has 0 aliphatic carbocycles. The number of nitrogens with one attached hydrogen (secondary N) is 3. The van der Waals surface area contributed by atoms with Crippen LogP contribution in [0.3, 0.4) is 0 Å². The molecule has 23 heavy (non-hydrogen) atoms. The first-order valence-electron chi connectivity index (χ1n) is 6.69. The van der Waals surface area contributed by atoms with E-state index in [1.54, 1.807) is 31.3 Å². The van der Waals surface area contributed by atoms with Crippen LogP contribution in [0.2, 0.25) is 5.15 Å². The van der Waals surface area contributed by atoms with Gasteiger partial charge in [0, 0.05) is 36.0 Å². The van der Waals surface area contributed by atoms with Crippen molar-refractivity contribution >= 4 is 57.7 Å². The Morgan fingerprint density at radius 2 is 2.30 bits per heavy atom. The molecule has 0 aliphatic heterocycles. The number of benzene rings is 1. The molecule has 0 saturated heterocycles. The van der Waals surface area contributed by atoms with E-state index in [9.17, 15) is 5.11 Å². The topological polar surface area (TPSA) is 103 Å². The Morgan fingerprint density at radius 3 is 2.96 bits per heavy atom. The number of aliphatic hydroxyl groups excluding tert-OH is 1. The highest BCUT2D eigenvalue weighted by molar-refractivity contribution is 14.1. The molecule has 0 aliphatic rings. The van der Waals surface area contributed by atoms with Crippen molar-refractivity contribution in [2.45, 2.75) is 13.3 Å². The summed E-state index contributed by atoms with van der Waals surface area (Å²) < 4.78 is 5.80. The molecule has 0 bridgehead atoms. The summed E-state index contributed by atoms with van der Waals surface area (Å²) in [7, 11) is 0. The van der Waals surface area contributed by atoms with Crippen molar-refractivity contribution in [3.63, 3.8) is 0 Å². The lowest BCUT2D eigenvalue weighted by Crippen LogP contribution is -2.23. The Morgan fingerprint density at radius 1 is 1.52 bits per heavy atom. The highest BCUT2D eigenvalue weighted by Gasteiger charge is 2.09. The summed E-state index contributed by atoms with van der Waals surface area (Å²) in [6.07, 6.45) is 1.64. The second-order valence-electron chi connectivity index (χ2n) is 4.36. The van der Waals surface area contributed by atoms with Crippen LogP contribution in [0.15, 0.2) is 24.4 Å². The number of nitrogens with zero attached hydrogens (tertiary/aromatic N) is 2. The van der Waals surface area contributed by atoms with E-state index in [4.69, 9.17) is 21.7 Å². The van der Waals surface area contributed by atoms with Gasteiger partial charge in [-0.15, -0.1) is 0 Å². The third kappa shape index (κ3) is 4.99. The Labute approximate surface area is 152 Å². The average molecular weight is 448 g/mol. The van der Waals surface area contributed by atoms with Crippen LogP contribution in [0, 0.1) is 8.98 Å². The number of hydrogen-bond acceptors (Lipinski definition) is 7. The van der Waals surface area contributed by atoms with Gasteiger partial charge in [0.2, 0.25) is 12.4 Å². The first kappa shape index (κ1) is 17.9. The van der Waals surface area contributed by atoms with Gasteiger partial charge in [-0.25, -0.2) is 4.98 Å². The lowest BCUT2D eigenvalue weighted by Gasteiger charge is -2.16. The van der Waals surface area contributed by atoms with Gasteiger partial charge in [0.05, 0.1) is 3.57 Å². The molecular weight excluding hydrogens is 433 g/mol. The van der Waals surface area contributed by atoms with Gasteiger partial charge in [-0.3, -0.25) is 0 Å². The zero-order valence-electron chi connectivity index (χ0n) is 12.2. The number of rotatable bonds is 7. The van der Waals surface area contributed by atoms with Crippen LogP contribution < -0.4 is 10.6 Å². The third-order valence-corrected chi connectivity index (χ3v) is 4.17. The summed E-state index contributed by atoms with van der Waals surface area (Å²) in [5.74, 6) is 0.356. The minimum absolute atomic E-state index is 0.356. The monoisotopic (exact) mass is 447 g/mol. The fourth-order valence-electron chi connectivity index (χ4n) is 1.75. The molecule has 1 aromatic carbocycles. The van der Waals surface area contributed by atoms with Crippen molar-refractivity contribution in [3.05, 3.63) is 38.7 Å². The number of hydrogen-bond donors (Lipinski definition) is 4. The van der Waals surface area contributed by atoms with Crippen molar-refractivity contribution in [2.24, 2.45) is 0 Å². The maximum atomic E-state index is 9.70. The summed E-state index contributed by atoms with van der Waals surface area (Å²) in [5.41, 5.74) is 1.83. The second kappa shape index (κ2) is 8.39. The van der Waals surface area contributed by atoms with E-state index in [0.29, 0.717) is 34.6 Å². The van der Waals surface area contributed by atoms with Crippen LogP contribution in [0.25, 0.3) is 0 Å². The molecule has 0 radical (unpaired) electrons. The van der Waals surface area contributed by atoms with Gasteiger partial charge in [-0.2, -0.15) is 4.98 Å². The largest absolute Gasteiger partial charge is 0.351 e. The number of anilines is 3. The van der Waals surface area contributed by atoms with E-state index < -0.39 is 6.41 Å². The molecule has 0 fully saturated rings. The van der Waals surface area contributed by atoms with E-state index in [1.807, 2.05) is 22.6 Å². The molecule has 0 spiro atoms. The quantitative estimate of drug-likeness (QED) is 0.225. The Balaban J connectivity index is 2.22. The summed E-state index contributed by atoms with van der Waals surface area (Å²) in [6, 6.07) is 5.22. The van der Waals surface area contributed by atoms with E-state index in [-0.39, 0.29) is 0 Å². The molecule has 122 valence electrons. The third-order valence-electron chi connectivity index (χ3n) is 2.77. The van der Waals surface area contributed by atoms with Crippen molar-refractivity contribution in [3.8, 4) is 0 Å². The number of ether oxygens (including phenoxy) is 1. The zero-order valence-corrected chi connectivity index (χ0v) is 15.1. The predicted molar refractivity (Wildman–Crippen MR) is 98.6 cm³/mol. The van der Waals surface area contributed by atoms with E-state index in [0.717, 1.165) is 3.57 Å². The number of halogens is 2. The van der Waals surface area contributed by atoms with Crippen LogP contribution in [0.4, 0.5) is 17.3 Å². The SMILES string of the molecule is CCOC(O)Nc1cc(Nc2ncc(I)c(Cl)n2)ccc1C=N. The van der Waals surface area contributed by atoms with Crippen molar-refractivity contribution < 1.29 is 9.84 Å². The van der Waals surface area contributed by atoms with Crippen molar-refractivity contribution in [1.82, 2.24) is 9.97 Å². The molecule has 1 aromatic heterocycles. The van der Waals surface area contributed by atoms with Gasteiger partial charge >= 0.3 is 0 Å². The lowest BCUT2D eigenvalue weighted by atomic mass is 10.1. The molecule has 2 aromatic rings. The molecule has 1 heterocycles. The van der Waals surface area contributed by atoms with Gasteiger partial charge in [-0.05, 0) is 47.7 Å². The van der Waals surface area contributed by atoms with Gasteiger partial charge in [0.15, 0.2) is 0 Å². The highest BCUT2D eigenvalue weighted by Crippen LogP contribution is 2.23. The summed E-state index contributed by atoms with van der Waals surface area (Å²) in [5, 5.41) is 23.3. The van der Waals surface area contributed by atoms with Crippen LogP contribution in [0.1, 0.15) is 12.5 Å². The molecule has 4 N–H and O–H groups in total. The highest BCUT2D eigenvalue weighted by atomic mass is 127. The first-order valence-corrected chi connectivity index (χ1v) is 8.15. The maximum Gasteiger partial charge on any atom is 0.235 e. The summed E-state index contributed by atoms with van der Waals surface area (Å²) in [4.78, 5) is 8.27. The van der Waals surface area contributed by atoms with Crippen LogP contribution in [-0.2, 0) is 4.74 Å². The van der Waals surface area contributed by atoms with Crippen LogP contribution in [-0.4, -0.2) is 34.3 Å². The van der Waals surface area contributed by atoms with E-state index in [1.165, 1.54) is 6.21 Å². The molecule has 0 saturated carbocycles. The molecule has 1 unspecified atom stereocenters. The minimum Gasteiger partial charge on any atom is -0.351 e. The van der Waals surface area contributed by atoms with E-state index in [2.05, 4.69) is 20.6 Å². The molecule has 9 heteroatoms. The summed E-state index contributed by atoms with van der Waals surface area (Å²) in [6.45, 7) is 2.14.